The Labute approximate surface area is 143 Å². The molecule has 1 aromatic rings. The lowest BCUT2D eigenvalue weighted by molar-refractivity contribution is 0.526. The van der Waals surface area contributed by atoms with E-state index >= 15 is 0 Å². The van der Waals surface area contributed by atoms with Gasteiger partial charge in [0.1, 0.15) is 0 Å². The fraction of sp³-hybridized carbons (Fsp3) is 0.714. The Kier molecular flexibility index (Phi) is 10.7. The van der Waals surface area contributed by atoms with Gasteiger partial charge in [-0.2, -0.15) is 0 Å². The molecule has 0 radical (unpaired) electrons. The molecule has 0 fully saturated rings. The lowest BCUT2D eigenvalue weighted by Crippen LogP contribution is -2.13. The molecule has 0 nitrogen and oxygen atoms in total. The smallest absolute Gasteiger partial charge is 0.0150 e. The van der Waals surface area contributed by atoms with E-state index in [9.17, 15) is 0 Å². The second-order valence-electron chi connectivity index (χ2n) is 7.11. The summed E-state index contributed by atoms with van der Waals surface area (Å²) in [5.74, 6) is 0. The van der Waals surface area contributed by atoms with E-state index in [1.54, 1.807) is 0 Å². The zero-order chi connectivity index (χ0) is 16.1. The lowest BCUT2D eigenvalue weighted by Gasteiger charge is -2.24. The molecule has 0 aliphatic rings. The largest absolute Gasteiger partial charge is 0.120 e. The molecule has 126 valence electrons. The van der Waals surface area contributed by atoms with E-state index in [-0.39, 0.29) is 0 Å². The molecular weight excluding hydrogens is 284 g/mol. The number of hydrogen-bond acceptors (Lipinski definition) is 1. The molecule has 0 aliphatic carbocycles. The molecule has 0 unspecified atom stereocenters. The van der Waals surface area contributed by atoms with Gasteiger partial charge in [0.2, 0.25) is 0 Å². The van der Waals surface area contributed by atoms with E-state index in [1.807, 2.05) is 11.8 Å². The summed E-state index contributed by atoms with van der Waals surface area (Å²) in [7, 11) is 0. The molecule has 0 spiro atoms. The monoisotopic (exact) mass is 320 g/mol. The van der Waals surface area contributed by atoms with Gasteiger partial charge in [0.05, 0.1) is 0 Å². The number of hydrogen-bond donors (Lipinski definition) is 0. The van der Waals surface area contributed by atoms with E-state index in [2.05, 4.69) is 51.1 Å². The molecule has 0 atom stereocenters. The zero-order valence-corrected chi connectivity index (χ0v) is 15.9. The fourth-order valence-electron chi connectivity index (χ4n) is 2.90. The number of benzene rings is 1. The molecule has 0 aromatic heterocycles. The third-order valence-electron chi connectivity index (χ3n) is 4.27. The topological polar surface area (TPSA) is 0 Å². The van der Waals surface area contributed by atoms with Crippen molar-refractivity contribution in [2.45, 2.75) is 101 Å². The van der Waals surface area contributed by atoms with Crippen molar-refractivity contribution in [2.24, 2.45) is 0 Å². The average Bonchev–Trinajstić information content (AvgIpc) is 2.49. The van der Waals surface area contributed by atoms with E-state index in [0.717, 1.165) is 0 Å². The summed E-state index contributed by atoms with van der Waals surface area (Å²) in [6, 6.07) is 10.8. The maximum absolute atomic E-state index is 2.39. The average molecular weight is 321 g/mol. The summed E-state index contributed by atoms with van der Waals surface area (Å²) < 4.78 is 0.363. The van der Waals surface area contributed by atoms with Crippen LogP contribution in [0.1, 0.15) is 91.4 Å². The van der Waals surface area contributed by atoms with Crippen LogP contribution in [0, 0.1) is 0 Å². The summed E-state index contributed by atoms with van der Waals surface area (Å²) in [4.78, 5) is 1.40. The van der Waals surface area contributed by atoms with Gasteiger partial charge < -0.3 is 0 Å². The lowest BCUT2D eigenvalue weighted by atomic mass is 10.0. The molecular formula is C21H36S. The Bertz CT molecular complexity index is 355. The van der Waals surface area contributed by atoms with Crippen molar-refractivity contribution < 1.29 is 0 Å². The minimum atomic E-state index is 0.363. The quantitative estimate of drug-likeness (QED) is 0.263. The molecule has 0 heterocycles. The standard InChI is InChI=1S/C21H36S/c1-4-5-6-7-8-9-10-11-12-16-19-21(2,3)22-20-17-14-13-15-18-20/h13-15,17-18H,4-12,16,19H2,1-3H3. The van der Waals surface area contributed by atoms with Crippen molar-refractivity contribution in [3.05, 3.63) is 30.3 Å². The van der Waals surface area contributed by atoms with Gasteiger partial charge in [0, 0.05) is 9.64 Å². The van der Waals surface area contributed by atoms with E-state index in [4.69, 9.17) is 0 Å². The van der Waals surface area contributed by atoms with E-state index in [0.29, 0.717) is 4.75 Å². The van der Waals surface area contributed by atoms with Gasteiger partial charge in [-0.1, -0.05) is 103 Å². The molecule has 22 heavy (non-hydrogen) atoms. The van der Waals surface area contributed by atoms with Crippen LogP contribution < -0.4 is 0 Å². The second kappa shape index (κ2) is 12.0. The zero-order valence-electron chi connectivity index (χ0n) is 15.1. The molecule has 0 saturated heterocycles. The SMILES string of the molecule is CCCCCCCCCCCCC(C)(C)Sc1ccccc1. The molecule has 1 aromatic carbocycles. The van der Waals surface area contributed by atoms with Crippen molar-refractivity contribution >= 4 is 11.8 Å². The van der Waals surface area contributed by atoms with Crippen molar-refractivity contribution in [3.63, 3.8) is 0 Å². The van der Waals surface area contributed by atoms with Crippen molar-refractivity contribution in [2.75, 3.05) is 0 Å². The number of rotatable bonds is 13. The number of thioether (sulfide) groups is 1. The Morgan fingerprint density at radius 3 is 1.77 bits per heavy atom. The van der Waals surface area contributed by atoms with Gasteiger partial charge in [-0.15, -0.1) is 11.8 Å². The third-order valence-corrected chi connectivity index (χ3v) is 5.53. The summed E-state index contributed by atoms with van der Waals surface area (Å²) in [6.07, 6.45) is 15.6. The van der Waals surface area contributed by atoms with Gasteiger partial charge in [0.15, 0.2) is 0 Å². The second-order valence-corrected chi connectivity index (χ2v) is 8.89. The summed E-state index contributed by atoms with van der Waals surface area (Å²) in [5, 5.41) is 0. The van der Waals surface area contributed by atoms with Gasteiger partial charge in [-0.3, -0.25) is 0 Å². The van der Waals surface area contributed by atoms with Gasteiger partial charge >= 0.3 is 0 Å². The molecule has 1 heteroatoms. The van der Waals surface area contributed by atoms with E-state index in [1.165, 1.54) is 75.5 Å². The predicted molar refractivity (Wildman–Crippen MR) is 103 cm³/mol. The normalized spacial score (nSPS) is 11.8. The number of unbranched alkanes of at least 4 members (excludes halogenated alkanes) is 9. The highest BCUT2D eigenvalue weighted by molar-refractivity contribution is 8.00. The van der Waals surface area contributed by atoms with Crippen LogP contribution in [0.25, 0.3) is 0 Å². The maximum Gasteiger partial charge on any atom is 0.0150 e. The van der Waals surface area contributed by atoms with Crippen LogP contribution in [0.2, 0.25) is 0 Å². The first-order valence-electron chi connectivity index (χ1n) is 9.38. The van der Waals surface area contributed by atoms with E-state index < -0.39 is 0 Å². The first-order chi connectivity index (χ1) is 10.6. The highest BCUT2D eigenvalue weighted by Gasteiger charge is 2.18. The van der Waals surface area contributed by atoms with Crippen LogP contribution in [0.3, 0.4) is 0 Å². The van der Waals surface area contributed by atoms with Crippen LogP contribution in [-0.4, -0.2) is 4.75 Å². The minimum absolute atomic E-state index is 0.363. The molecule has 0 N–H and O–H groups in total. The molecule has 0 saturated carbocycles. The minimum Gasteiger partial charge on any atom is -0.120 e. The molecule has 0 aliphatic heterocycles. The highest BCUT2D eigenvalue weighted by atomic mass is 32.2. The first-order valence-corrected chi connectivity index (χ1v) is 10.2. The maximum atomic E-state index is 2.39. The first kappa shape index (κ1) is 19.6. The summed E-state index contributed by atoms with van der Waals surface area (Å²) in [5.41, 5.74) is 0. The Hall–Kier alpha value is -0.430. The van der Waals surface area contributed by atoms with Crippen LogP contribution >= 0.6 is 11.8 Å². The third kappa shape index (κ3) is 10.3. The fourth-order valence-corrected chi connectivity index (χ4v) is 4.07. The van der Waals surface area contributed by atoms with Crippen LogP contribution in [-0.2, 0) is 0 Å². The van der Waals surface area contributed by atoms with Crippen molar-refractivity contribution in [1.82, 2.24) is 0 Å². The Morgan fingerprint density at radius 1 is 0.727 bits per heavy atom. The van der Waals surface area contributed by atoms with Crippen LogP contribution in [0.15, 0.2) is 35.2 Å². The van der Waals surface area contributed by atoms with Crippen molar-refractivity contribution in [3.8, 4) is 0 Å². The molecule has 0 amide bonds. The van der Waals surface area contributed by atoms with Crippen molar-refractivity contribution in [1.29, 1.82) is 0 Å². The van der Waals surface area contributed by atoms with Gasteiger partial charge in [-0.25, -0.2) is 0 Å². The van der Waals surface area contributed by atoms with Crippen LogP contribution in [0.4, 0.5) is 0 Å². The highest BCUT2D eigenvalue weighted by Crippen LogP contribution is 2.36. The summed E-state index contributed by atoms with van der Waals surface area (Å²) in [6.45, 7) is 7.06. The van der Waals surface area contributed by atoms with Gasteiger partial charge in [0.25, 0.3) is 0 Å². The predicted octanol–water partition coefficient (Wildman–Crippen LogP) is 7.87. The Balaban J connectivity index is 1.99. The molecule has 1 rings (SSSR count). The van der Waals surface area contributed by atoms with Crippen LogP contribution in [0.5, 0.6) is 0 Å². The summed E-state index contributed by atoms with van der Waals surface area (Å²) >= 11 is 2.03. The Morgan fingerprint density at radius 2 is 1.23 bits per heavy atom. The molecule has 0 bridgehead atoms. The van der Waals surface area contributed by atoms with Gasteiger partial charge in [-0.05, 0) is 18.6 Å².